The largest absolute Gasteiger partial charge is 1.00 e. The second kappa shape index (κ2) is 23.7. The van der Waals surface area contributed by atoms with E-state index in [9.17, 15) is 17.9 Å². The average Bonchev–Trinajstić information content (AvgIpc) is 2.87. The maximum Gasteiger partial charge on any atom is 1.00 e. The molecule has 0 aliphatic heterocycles. The molecule has 0 fully saturated rings. The number of hydrogen-bond acceptors (Lipinski definition) is 7. The Hall–Kier alpha value is -0.0200. The van der Waals surface area contributed by atoms with Crippen LogP contribution in [-0.2, 0) is 28.1 Å². The van der Waals surface area contributed by atoms with Crippen molar-refractivity contribution in [3.63, 3.8) is 0 Å². The predicted octanol–water partition coefficient (Wildman–Crippen LogP) is 4.29. The summed E-state index contributed by atoms with van der Waals surface area (Å²) in [6, 6.07) is 5.95. The molecule has 0 radical (unpaired) electrons. The summed E-state index contributed by atoms with van der Waals surface area (Å²) in [5, 5.41) is 0. The van der Waals surface area contributed by atoms with Crippen molar-refractivity contribution in [2.24, 2.45) is 0 Å². The first-order valence-electron chi connectivity index (χ1n) is 13.9. The first-order valence-corrected chi connectivity index (χ1v) is 17.0. The molecule has 214 valence electrons. The predicted molar refractivity (Wildman–Crippen MR) is 148 cm³/mol. The molecule has 0 saturated heterocycles. The van der Waals surface area contributed by atoms with E-state index < -0.39 is 24.1 Å². The first-order chi connectivity index (χ1) is 17.8. The van der Waals surface area contributed by atoms with Gasteiger partial charge in [0.05, 0.1) is 18.1 Å². The van der Waals surface area contributed by atoms with Gasteiger partial charge in [-0.05, 0) is 51.2 Å². The normalized spacial score (nSPS) is 13.4. The van der Waals surface area contributed by atoms with Gasteiger partial charge in [0, 0.05) is 6.61 Å². The first kappa shape index (κ1) is 38.0. The Kier molecular flexibility index (Phi) is 23.6. The van der Waals surface area contributed by atoms with E-state index in [1.54, 1.807) is 12.1 Å². The van der Waals surface area contributed by atoms with Crippen LogP contribution in [-0.4, -0.2) is 34.6 Å². The van der Waals surface area contributed by atoms with Crippen molar-refractivity contribution in [3.05, 3.63) is 42.0 Å². The summed E-state index contributed by atoms with van der Waals surface area (Å²) < 4.78 is 50.9. The van der Waals surface area contributed by atoms with E-state index in [0.717, 1.165) is 18.4 Å². The maximum atomic E-state index is 12.1. The van der Waals surface area contributed by atoms with Gasteiger partial charge in [-0.3, -0.25) is 4.18 Å². The number of allylic oxidation sites excluding steroid dienone is 2. The van der Waals surface area contributed by atoms with Crippen molar-refractivity contribution in [1.82, 2.24) is 0 Å². The van der Waals surface area contributed by atoms with E-state index in [1.165, 1.54) is 89.2 Å². The van der Waals surface area contributed by atoms with E-state index in [4.69, 9.17) is 9.26 Å². The van der Waals surface area contributed by atoms with Gasteiger partial charge in [0.15, 0.2) is 7.60 Å². The Morgan fingerprint density at radius 3 is 1.89 bits per heavy atom. The summed E-state index contributed by atoms with van der Waals surface area (Å²) in [5.41, 5.74) is 0.883. The molecule has 0 amide bonds. The molecule has 38 heavy (non-hydrogen) atoms. The second-order valence-corrected chi connectivity index (χ2v) is 12.9. The number of rotatable bonds is 24. The van der Waals surface area contributed by atoms with Gasteiger partial charge in [-0.2, -0.15) is 8.42 Å². The van der Waals surface area contributed by atoms with Crippen LogP contribution in [0.5, 0.6) is 0 Å². The van der Waals surface area contributed by atoms with Gasteiger partial charge < -0.3 is 18.7 Å². The molecule has 0 aromatic heterocycles. The molecular formula is C28H48NaO7PS. The molecule has 0 saturated carbocycles. The third-order valence-electron chi connectivity index (χ3n) is 5.99. The summed E-state index contributed by atoms with van der Waals surface area (Å²) >= 11 is 0. The fourth-order valence-electron chi connectivity index (χ4n) is 3.73. The van der Waals surface area contributed by atoms with Crippen LogP contribution >= 0.6 is 7.60 Å². The molecule has 0 heterocycles. The van der Waals surface area contributed by atoms with Crippen LogP contribution in [0.2, 0.25) is 0 Å². The van der Waals surface area contributed by atoms with E-state index >= 15 is 0 Å². The molecular weight excluding hydrogens is 534 g/mol. The minimum absolute atomic E-state index is 0. The number of hydrogen-bond donors (Lipinski definition) is 0. The topological polar surface area (TPSA) is 102 Å². The molecule has 0 N–H and O–H groups in total. The van der Waals surface area contributed by atoms with Crippen LogP contribution in [0, 0.1) is 6.92 Å². The number of ether oxygens (including phenoxy) is 1. The van der Waals surface area contributed by atoms with Gasteiger partial charge in [-0.15, -0.1) is 0 Å². The van der Waals surface area contributed by atoms with Crippen LogP contribution in [0.3, 0.4) is 0 Å². The number of benzene rings is 1. The maximum absolute atomic E-state index is 12.1. The second-order valence-electron chi connectivity index (χ2n) is 9.51. The fourth-order valence-corrected chi connectivity index (χ4v) is 5.84. The van der Waals surface area contributed by atoms with E-state index in [2.05, 4.69) is 23.3 Å². The summed E-state index contributed by atoms with van der Waals surface area (Å²) in [7, 11) is -8.61. The van der Waals surface area contributed by atoms with Gasteiger partial charge in [0.2, 0.25) is 0 Å². The Bertz CT molecular complexity index is 876. The van der Waals surface area contributed by atoms with Crippen molar-refractivity contribution in [2.75, 3.05) is 26.2 Å². The number of aryl methyl sites for hydroxylation is 1. The van der Waals surface area contributed by atoms with Crippen LogP contribution < -0.4 is 34.5 Å². The molecule has 0 aliphatic rings. The van der Waals surface area contributed by atoms with Crippen LogP contribution in [0.4, 0.5) is 0 Å². The summed E-state index contributed by atoms with van der Waals surface area (Å²) in [5.74, 6) is 0. The van der Waals surface area contributed by atoms with Crippen molar-refractivity contribution < 1.29 is 60.9 Å². The summed E-state index contributed by atoms with van der Waals surface area (Å²) in [4.78, 5) is 11.8. The Morgan fingerprint density at radius 2 is 1.32 bits per heavy atom. The van der Waals surface area contributed by atoms with Crippen molar-refractivity contribution >= 4 is 17.7 Å². The molecule has 1 aromatic carbocycles. The summed E-state index contributed by atoms with van der Waals surface area (Å²) in [6.07, 6.45) is 21.0. The molecule has 0 spiro atoms. The van der Waals surface area contributed by atoms with E-state index in [0.29, 0.717) is 6.61 Å². The zero-order valence-corrected chi connectivity index (χ0v) is 27.6. The van der Waals surface area contributed by atoms with Crippen molar-refractivity contribution in [1.29, 1.82) is 0 Å². The molecule has 0 bridgehead atoms. The van der Waals surface area contributed by atoms with Gasteiger partial charge in [-0.1, -0.05) is 94.6 Å². The van der Waals surface area contributed by atoms with Crippen LogP contribution in [0.1, 0.15) is 102 Å². The standard InChI is InChI=1S/C28H49O7PS.Na/c1-3-4-5-6-7-8-9-10-11-12-13-14-15-16-17-18-23-33-24-25-34-36(29,30)26-35-37(31,32)28-21-19-27(2)20-22-28;/h10-11,19-22H,3-9,12-18,23-26H2,1-2H3,(H,29,30);/q;+1/p-1/b11-10+;. The molecule has 0 aliphatic carbocycles. The van der Waals surface area contributed by atoms with Crippen molar-refractivity contribution in [2.45, 2.75) is 109 Å². The molecule has 1 rings (SSSR count). The Labute approximate surface area is 254 Å². The van der Waals surface area contributed by atoms with Crippen LogP contribution in [0.15, 0.2) is 41.3 Å². The molecule has 1 atom stereocenters. The van der Waals surface area contributed by atoms with E-state index in [-0.39, 0.29) is 47.7 Å². The molecule has 1 unspecified atom stereocenters. The third kappa shape index (κ3) is 20.8. The van der Waals surface area contributed by atoms with Crippen LogP contribution in [0.25, 0.3) is 0 Å². The van der Waals surface area contributed by atoms with E-state index in [1.807, 2.05) is 6.92 Å². The Balaban J connectivity index is 0.0000137. The molecule has 10 heteroatoms. The zero-order valence-electron chi connectivity index (χ0n) is 23.9. The van der Waals surface area contributed by atoms with Crippen molar-refractivity contribution in [3.8, 4) is 0 Å². The van der Waals surface area contributed by atoms with Gasteiger partial charge in [0.25, 0.3) is 10.1 Å². The monoisotopic (exact) mass is 582 g/mol. The summed E-state index contributed by atoms with van der Waals surface area (Å²) in [6.45, 7) is 4.58. The quantitative estimate of drug-likeness (QED) is 0.0589. The van der Waals surface area contributed by atoms with Gasteiger partial charge >= 0.3 is 29.6 Å². The van der Waals surface area contributed by atoms with Gasteiger partial charge in [-0.25, -0.2) is 0 Å². The number of unbranched alkanes of at least 4 members (excludes halogenated alkanes) is 12. The minimum atomic E-state index is -4.45. The Morgan fingerprint density at radius 1 is 0.789 bits per heavy atom. The smallest absolute Gasteiger partial charge is 0.777 e. The molecule has 1 aromatic rings. The minimum Gasteiger partial charge on any atom is -0.777 e. The molecule has 7 nitrogen and oxygen atoms in total. The fraction of sp³-hybridized carbons (Fsp3) is 0.714. The zero-order chi connectivity index (χ0) is 27.2. The van der Waals surface area contributed by atoms with Gasteiger partial charge in [0.1, 0.15) is 6.35 Å². The third-order valence-corrected chi connectivity index (χ3v) is 8.47. The average molecular weight is 583 g/mol. The SMILES string of the molecule is CCCCCCCC/C=C/CCCCCCCCOCCOP(=O)([O-])COS(=O)(=O)c1ccc(C)cc1.[Na+].